The van der Waals surface area contributed by atoms with Crippen molar-refractivity contribution >= 4 is 11.0 Å². The summed E-state index contributed by atoms with van der Waals surface area (Å²) in [6.45, 7) is 5.87. The summed E-state index contributed by atoms with van der Waals surface area (Å²) in [7, 11) is 0. The predicted molar refractivity (Wildman–Crippen MR) is 76.1 cm³/mol. The summed E-state index contributed by atoms with van der Waals surface area (Å²) in [6, 6.07) is 11.3. The molecular formula is C16H20N2O. The first-order chi connectivity index (χ1) is 9.38. The van der Waals surface area contributed by atoms with Crippen LogP contribution in [0.4, 0.5) is 0 Å². The van der Waals surface area contributed by atoms with E-state index in [2.05, 4.69) is 28.0 Å². The summed E-state index contributed by atoms with van der Waals surface area (Å²) < 4.78 is 5.93. The summed E-state index contributed by atoms with van der Waals surface area (Å²) >= 11 is 0. The van der Waals surface area contributed by atoms with Gasteiger partial charge in [0.25, 0.3) is 0 Å². The molecule has 1 atom stereocenters. The Morgan fingerprint density at radius 3 is 3.05 bits per heavy atom. The third kappa shape index (κ3) is 2.17. The molecule has 2 aliphatic heterocycles. The summed E-state index contributed by atoms with van der Waals surface area (Å²) in [5.74, 6) is 1.10. The van der Waals surface area contributed by atoms with Crippen LogP contribution in [-0.2, 0) is 6.54 Å². The van der Waals surface area contributed by atoms with Crippen LogP contribution >= 0.6 is 0 Å². The average molecular weight is 256 g/mol. The largest absolute Gasteiger partial charge is 0.460 e. The van der Waals surface area contributed by atoms with E-state index in [9.17, 15) is 0 Å². The van der Waals surface area contributed by atoms with Crippen LogP contribution in [0.3, 0.4) is 0 Å². The molecule has 2 aliphatic rings. The molecule has 1 aromatic carbocycles. The molecule has 0 N–H and O–H groups in total. The van der Waals surface area contributed by atoms with Gasteiger partial charge in [-0.2, -0.15) is 0 Å². The molecule has 100 valence electrons. The van der Waals surface area contributed by atoms with Gasteiger partial charge in [-0.3, -0.25) is 9.80 Å². The fourth-order valence-corrected chi connectivity index (χ4v) is 3.53. The summed E-state index contributed by atoms with van der Waals surface area (Å²) in [5.41, 5.74) is 1.01. The van der Waals surface area contributed by atoms with E-state index < -0.39 is 0 Å². The zero-order valence-corrected chi connectivity index (χ0v) is 11.2. The topological polar surface area (TPSA) is 19.6 Å². The second kappa shape index (κ2) is 4.66. The Labute approximate surface area is 113 Å². The lowest BCUT2D eigenvalue weighted by Gasteiger charge is -2.37. The highest BCUT2D eigenvalue weighted by Crippen LogP contribution is 2.24. The number of hydrogen-bond acceptors (Lipinski definition) is 3. The second-order valence-electron chi connectivity index (χ2n) is 5.82. The molecule has 0 bridgehead atoms. The van der Waals surface area contributed by atoms with E-state index in [0.29, 0.717) is 0 Å². The Hall–Kier alpha value is -1.32. The van der Waals surface area contributed by atoms with E-state index in [1.165, 1.54) is 44.4 Å². The normalized spacial score (nSPS) is 24.9. The van der Waals surface area contributed by atoms with E-state index in [-0.39, 0.29) is 0 Å². The minimum absolute atomic E-state index is 0.790. The fourth-order valence-electron chi connectivity index (χ4n) is 3.53. The van der Waals surface area contributed by atoms with Crippen molar-refractivity contribution in [2.24, 2.45) is 0 Å². The predicted octanol–water partition coefficient (Wildman–Crippen LogP) is 2.71. The molecule has 19 heavy (non-hydrogen) atoms. The molecule has 4 rings (SSSR count). The summed E-state index contributed by atoms with van der Waals surface area (Å²) in [5, 5.41) is 1.22. The maximum absolute atomic E-state index is 5.93. The zero-order chi connectivity index (χ0) is 12.7. The lowest BCUT2D eigenvalue weighted by atomic mass is 10.1. The highest BCUT2D eigenvalue weighted by Gasteiger charge is 2.30. The Kier molecular flexibility index (Phi) is 2.82. The second-order valence-corrected chi connectivity index (χ2v) is 5.82. The van der Waals surface area contributed by atoms with Crippen molar-refractivity contribution in [2.75, 3.05) is 26.2 Å². The maximum atomic E-state index is 5.93. The highest BCUT2D eigenvalue weighted by molar-refractivity contribution is 5.77. The molecule has 0 amide bonds. The van der Waals surface area contributed by atoms with Crippen molar-refractivity contribution < 1.29 is 4.42 Å². The molecule has 0 aliphatic carbocycles. The van der Waals surface area contributed by atoms with Gasteiger partial charge in [-0.15, -0.1) is 0 Å². The molecular weight excluding hydrogens is 236 g/mol. The number of benzene rings is 1. The number of rotatable bonds is 2. The van der Waals surface area contributed by atoms with Crippen LogP contribution in [0.2, 0.25) is 0 Å². The lowest BCUT2D eigenvalue weighted by molar-refractivity contribution is 0.0945. The maximum Gasteiger partial charge on any atom is 0.134 e. The summed E-state index contributed by atoms with van der Waals surface area (Å²) in [4.78, 5) is 5.19. The zero-order valence-electron chi connectivity index (χ0n) is 11.2. The molecule has 2 fully saturated rings. The van der Waals surface area contributed by atoms with Gasteiger partial charge < -0.3 is 4.42 Å². The smallest absolute Gasteiger partial charge is 0.134 e. The molecule has 3 heteroatoms. The van der Waals surface area contributed by atoms with Crippen LogP contribution in [0, 0.1) is 0 Å². The number of hydrogen-bond donors (Lipinski definition) is 0. The van der Waals surface area contributed by atoms with E-state index in [0.717, 1.165) is 23.9 Å². The van der Waals surface area contributed by atoms with Crippen molar-refractivity contribution in [3.63, 3.8) is 0 Å². The molecule has 1 aromatic heterocycles. The third-order valence-corrected chi connectivity index (χ3v) is 4.53. The minimum Gasteiger partial charge on any atom is -0.460 e. The van der Waals surface area contributed by atoms with E-state index in [1.807, 2.05) is 12.1 Å². The monoisotopic (exact) mass is 256 g/mol. The highest BCUT2D eigenvalue weighted by atomic mass is 16.3. The van der Waals surface area contributed by atoms with Gasteiger partial charge in [0.1, 0.15) is 11.3 Å². The van der Waals surface area contributed by atoms with Crippen LogP contribution in [0.25, 0.3) is 11.0 Å². The van der Waals surface area contributed by atoms with Gasteiger partial charge in [0.15, 0.2) is 0 Å². The molecule has 2 aromatic rings. The Morgan fingerprint density at radius 2 is 2.11 bits per heavy atom. The van der Waals surface area contributed by atoms with Gasteiger partial charge in [-0.25, -0.2) is 0 Å². The Morgan fingerprint density at radius 1 is 1.16 bits per heavy atom. The van der Waals surface area contributed by atoms with Crippen molar-refractivity contribution in [3.8, 4) is 0 Å². The molecule has 3 nitrogen and oxygen atoms in total. The number of fused-ring (bicyclic) bond motifs is 2. The number of nitrogens with zero attached hydrogens (tertiary/aromatic N) is 2. The SMILES string of the molecule is c1ccc2oc(CN3CCN4CCC[C@@H]4C3)cc2c1. The summed E-state index contributed by atoms with van der Waals surface area (Å²) in [6.07, 6.45) is 2.75. The minimum atomic E-state index is 0.790. The molecule has 0 spiro atoms. The number of furan rings is 1. The van der Waals surface area contributed by atoms with Crippen LogP contribution in [0.5, 0.6) is 0 Å². The van der Waals surface area contributed by atoms with Gasteiger partial charge in [0, 0.05) is 31.1 Å². The standard InChI is InChI=1S/C16H20N2O/c1-2-6-16-13(4-1)10-15(19-16)12-17-8-9-18-7-3-5-14(18)11-17/h1-2,4,6,10,14H,3,5,7-9,11-12H2/t14-/m1/s1. The number of para-hydroxylation sites is 1. The molecule has 2 saturated heterocycles. The van der Waals surface area contributed by atoms with Crippen LogP contribution < -0.4 is 0 Å². The van der Waals surface area contributed by atoms with Gasteiger partial charge in [-0.1, -0.05) is 18.2 Å². The van der Waals surface area contributed by atoms with Crippen molar-refractivity contribution in [1.29, 1.82) is 0 Å². The van der Waals surface area contributed by atoms with Gasteiger partial charge in [0.05, 0.1) is 6.54 Å². The van der Waals surface area contributed by atoms with E-state index in [1.54, 1.807) is 0 Å². The first-order valence-corrected chi connectivity index (χ1v) is 7.32. The van der Waals surface area contributed by atoms with E-state index in [4.69, 9.17) is 4.42 Å². The fraction of sp³-hybridized carbons (Fsp3) is 0.500. The van der Waals surface area contributed by atoms with Crippen molar-refractivity contribution in [2.45, 2.75) is 25.4 Å². The van der Waals surface area contributed by atoms with Crippen LogP contribution in [0.15, 0.2) is 34.7 Å². The van der Waals surface area contributed by atoms with Gasteiger partial charge >= 0.3 is 0 Å². The van der Waals surface area contributed by atoms with Gasteiger partial charge in [-0.05, 0) is 31.5 Å². The average Bonchev–Trinajstić information content (AvgIpc) is 3.03. The molecule has 0 radical (unpaired) electrons. The van der Waals surface area contributed by atoms with Crippen LogP contribution in [0.1, 0.15) is 18.6 Å². The Balaban J connectivity index is 1.48. The lowest BCUT2D eigenvalue weighted by Crippen LogP contribution is -2.49. The Bertz CT molecular complexity index is 544. The molecule has 0 unspecified atom stereocenters. The van der Waals surface area contributed by atoms with E-state index >= 15 is 0 Å². The first-order valence-electron chi connectivity index (χ1n) is 7.32. The van der Waals surface area contributed by atoms with Crippen molar-refractivity contribution in [1.82, 2.24) is 9.80 Å². The van der Waals surface area contributed by atoms with Crippen LogP contribution in [-0.4, -0.2) is 42.0 Å². The number of piperazine rings is 1. The first kappa shape index (κ1) is 11.5. The molecule has 0 saturated carbocycles. The van der Waals surface area contributed by atoms with Gasteiger partial charge in [0.2, 0.25) is 0 Å². The third-order valence-electron chi connectivity index (χ3n) is 4.53. The molecule has 3 heterocycles. The van der Waals surface area contributed by atoms with Crippen molar-refractivity contribution in [3.05, 3.63) is 36.1 Å². The quantitative estimate of drug-likeness (QED) is 0.823.